The Morgan fingerprint density at radius 3 is 2.38 bits per heavy atom. The van der Waals surface area contributed by atoms with E-state index in [0.29, 0.717) is 11.1 Å². The molecule has 4 rings (SSSR count). The van der Waals surface area contributed by atoms with Gasteiger partial charge < -0.3 is 5.11 Å². The van der Waals surface area contributed by atoms with E-state index in [4.69, 9.17) is 0 Å². The number of rotatable bonds is 5. The Hall–Kier alpha value is -3.78. The summed E-state index contributed by atoms with van der Waals surface area (Å²) in [6.07, 6.45) is 2.87. The molecule has 3 aromatic carbocycles. The minimum Gasteiger partial charge on any atom is -0.478 e. The molecule has 0 aliphatic carbocycles. The summed E-state index contributed by atoms with van der Waals surface area (Å²) in [4.78, 5) is 19.8. The normalized spacial score (nSPS) is 11.3. The summed E-state index contributed by atoms with van der Waals surface area (Å²) in [7, 11) is -4.11. The van der Waals surface area contributed by atoms with Crippen LogP contribution in [0.2, 0.25) is 0 Å². The Morgan fingerprint density at radius 2 is 1.62 bits per heavy atom. The largest absolute Gasteiger partial charge is 0.478 e. The summed E-state index contributed by atoms with van der Waals surface area (Å²) in [5.74, 6) is -1.24. The second-order valence-corrected chi connectivity index (χ2v) is 7.87. The number of nitrogens with zero attached hydrogens (tertiary/aromatic N) is 2. The average Bonchev–Trinajstić information content (AvgIpc) is 2.73. The number of hydrogen-bond donors (Lipinski definition) is 2. The molecule has 0 radical (unpaired) electrons. The SMILES string of the molecule is O=C(O)c1ccc(-c2ccccc2)cc1NS(=O)(=O)c1cccc2nccnc12. The molecule has 0 fully saturated rings. The molecule has 0 amide bonds. The van der Waals surface area contributed by atoms with Crippen LogP contribution in [-0.4, -0.2) is 29.5 Å². The van der Waals surface area contributed by atoms with Crippen LogP contribution in [-0.2, 0) is 10.0 Å². The smallest absolute Gasteiger partial charge is 0.337 e. The van der Waals surface area contributed by atoms with Crippen LogP contribution in [0.15, 0.2) is 84.0 Å². The van der Waals surface area contributed by atoms with Crippen molar-refractivity contribution in [2.45, 2.75) is 4.90 Å². The summed E-state index contributed by atoms with van der Waals surface area (Å²) in [5, 5.41) is 9.51. The highest BCUT2D eigenvalue weighted by atomic mass is 32.2. The molecule has 1 heterocycles. The van der Waals surface area contributed by atoms with Crippen LogP contribution in [0.1, 0.15) is 10.4 Å². The van der Waals surface area contributed by atoms with E-state index in [-0.39, 0.29) is 21.7 Å². The third-order valence-corrected chi connectivity index (χ3v) is 5.75. The van der Waals surface area contributed by atoms with Crippen molar-refractivity contribution in [1.29, 1.82) is 0 Å². The summed E-state index contributed by atoms with van der Waals surface area (Å²) in [6, 6.07) is 18.4. The summed E-state index contributed by atoms with van der Waals surface area (Å²) < 4.78 is 28.5. The number of aromatic nitrogens is 2. The highest BCUT2D eigenvalue weighted by Crippen LogP contribution is 2.29. The van der Waals surface area contributed by atoms with Gasteiger partial charge in [-0.25, -0.2) is 13.2 Å². The molecular weight excluding hydrogens is 390 g/mol. The molecule has 0 spiro atoms. The van der Waals surface area contributed by atoms with Gasteiger partial charge in [0.25, 0.3) is 10.0 Å². The molecule has 0 atom stereocenters. The molecule has 4 aromatic rings. The lowest BCUT2D eigenvalue weighted by atomic mass is 10.0. The van der Waals surface area contributed by atoms with Crippen LogP contribution in [0.4, 0.5) is 5.69 Å². The molecular formula is C21H15N3O4S. The zero-order valence-electron chi connectivity index (χ0n) is 15.0. The first-order valence-corrected chi connectivity index (χ1v) is 10.1. The molecule has 0 saturated carbocycles. The highest BCUT2D eigenvalue weighted by Gasteiger charge is 2.22. The van der Waals surface area contributed by atoms with Gasteiger partial charge >= 0.3 is 5.97 Å². The van der Waals surface area contributed by atoms with Crippen LogP contribution in [0, 0.1) is 0 Å². The quantitative estimate of drug-likeness (QED) is 0.523. The molecule has 0 unspecified atom stereocenters. The van der Waals surface area contributed by atoms with Gasteiger partial charge in [0, 0.05) is 12.4 Å². The highest BCUT2D eigenvalue weighted by molar-refractivity contribution is 7.93. The lowest BCUT2D eigenvalue weighted by molar-refractivity contribution is 0.0698. The van der Waals surface area contributed by atoms with Gasteiger partial charge in [-0.15, -0.1) is 0 Å². The first-order valence-electron chi connectivity index (χ1n) is 8.61. The lowest BCUT2D eigenvalue weighted by Crippen LogP contribution is -2.16. The third-order valence-electron chi connectivity index (χ3n) is 4.35. The number of hydrogen-bond acceptors (Lipinski definition) is 5. The van der Waals surface area contributed by atoms with Crippen LogP contribution in [0.25, 0.3) is 22.2 Å². The third kappa shape index (κ3) is 3.65. The van der Waals surface area contributed by atoms with Crippen molar-refractivity contribution in [2.24, 2.45) is 0 Å². The molecule has 29 heavy (non-hydrogen) atoms. The second kappa shape index (κ2) is 7.33. The zero-order valence-corrected chi connectivity index (χ0v) is 15.8. The van der Waals surface area contributed by atoms with E-state index in [1.807, 2.05) is 30.3 Å². The lowest BCUT2D eigenvalue weighted by Gasteiger charge is -2.13. The van der Waals surface area contributed by atoms with Crippen LogP contribution < -0.4 is 4.72 Å². The van der Waals surface area contributed by atoms with E-state index in [9.17, 15) is 18.3 Å². The number of carbonyl (C=O) groups is 1. The van der Waals surface area contributed by atoms with Crippen molar-refractivity contribution in [1.82, 2.24) is 9.97 Å². The standard InChI is InChI=1S/C21H15N3O4S/c25-21(26)16-10-9-15(14-5-2-1-3-6-14)13-18(16)24-29(27,28)19-8-4-7-17-20(19)23-12-11-22-17/h1-13,24H,(H,25,26). The number of fused-ring (bicyclic) bond motifs is 1. The van der Waals surface area contributed by atoms with Crippen LogP contribution >= 0.6 is 0 Å². The molecule has 0 saturated heterocycles. The number of nitrogens with one attached hydrogen (secondary N) is 1. The summed E-state index contributed by atoms with van der Waals surface area (Å²) >= 11 is 0. The number of aromatic carboxylic acids is 1. The van der Waals surface area contributed by atoms with Gasteiger partial charge in [-0.1, -0.05) is 42.5 Å². The predicted molar refractivity (Wildman–Crippen MR) is 109 cm³/mol. The maximum Gasteiger partial charge on any atom is 0.337 e. The maximum absolute atomic E-state index is 13.1. The van der Waals surface area contributed by atoms with E-state index in [1.54, 1.807) is 18.2 Å². The maximum atomic E-state index is 13.1. The predicted octanol–water partition coefficient (Wildman–Crippen LogP) is 3.80. The van der Waals surface area contributed by atoms with Crippen molar-refractivity contribution >= 4 is 32.7 Å². The zero-order chi connectivity index (χ0) is 20.4. The minimum atomic E-state index is -4.11. The van der Waals surface area contributed by atoms with E-state index in [2.05, 4.69) is 14.7 Å². The van der Waals surface area contributed by atoms with E-state index < -0.39 is 16.0 Å². The molecule has 0 aliphatic heterocycles. The molecule has 2 N–H and O–H groups in total. The molecule has 144 valence electrons. The van der Waals surface area contributed by atoms with Gasteiger partial charge in [-0.2, -0.15) is 0 Å². The molecule has 0 bridgehead atoms. The Balaban J connectivity index is 1.82. The Kier molecular flexibility index (Phi) is 4.69. The fourth-order valence-electron chi connectivity index (χ4n) is 3.01. The number of carboxylic acids is 1. The van der Waals surface area contributed by atoms with Crippen molar-refractivity contribution in [3.8, 4) is 11.1 Å². The minimum absolute atomic E-state index is 0.0280. The Labute approximate surface area is 166 Å². The molecule has 0 aliphatic rings. The first-order chi connectivity index (χ1) is 14.0. The van der Waals surface area contributed by atoms with Gasteiger partial charge in [-0.3, -0.25) is 14.7 Å². The van der Waals surface area contributed by atoms with Gasteiger partial charge in [0.2, 0.25) is 0 Å². The fourth-order valence-corrected chi connectivity index (χ4v) is 4.25. The number of carboxylic acid groups (broad SMARTS) is 1. The molecule has 1 aromatic heterocycles. The fraction of sp³-hybridized carbons (Fsp3) is 0. The van der Waals surface area contributed by atoms with E-state index in [1.165, 1.54) is 30.6 Å². The van der Waals surface area contributed by atoms with Crippen LogP contribution in [0.5, 0.6) is 0 Å². The van der Waals surface area contributed by atoms with Crippen molar-refractivity contribution in [3.63, 3.8) is 0 Å². The van der Waals surface area contributed by atoms with Gasteiger partial charge in [0.15, 0.2) is 0 Å². The van der Waals surface area contributed by atoms with Gasteiger partial charge in [0.1, 0.15) is 10.4 Å². The van der Waals surface area contributed by atoms with Crippen molar-refractivity contribution in [3.05, 3.63) is 84.7 Å². The molecule has 8 heteroatoms. The summed E-state index contributed by atoms with van der Waals surface area (Å²) in [5.41, 5.74) is 1.97. The topological polar surface area (TPSA) is 109 Å². The van der Waals surface area contributed by atoms with Crippen molar-refractivity contribution in [2.75, 3.05) is 4.72 Å². The van der Waals surface area contributed by atoms with Gasteiger partial charge in [-0.05, 0) is 35.4 Å². The number of para-hydroxylation sites is 1. The molecule has 7 nitrogen and oxygen atoms in total. The first kappa shape index (κ1) is 18.6. The summed E-state index contributed by atoms with van der Waals surface area (Å²) in [6.45, 7) is 0. The number of anilines is 1. The second-order valence-electron chi connectivity index (χ2n) is 6.22. The Bertz CT molecular complexity index is 1320. The van der Waals surface area contributed by atoms with Crippen LogP contribution in [0.3, 0.4) is 0 Å². The van der Waals surface area contributed by atoms with Gasteiger partial charge in [0.05, 0.1) is 16.8 Å². The Morgan fingerprint density at radius 1 is 0.862 bits per heavy atom. The average molecular weight is 405 g/mol. The van der Waals surface area contributed by atoms with E-state index >= 15 is 0 Å². The number of sulfonamides is 1. The monoisotopic (exact) mass is 405 g/mol. The van der Waals surface area contributed by atoms with Crippen molar-refractivity contribution < 1.29 is 18.3 Å². The van der Waals surface area contributed by atoms with E-state index in [0.717, 1.165) is 5.56 Å². The number of benzene rings is 3.